The van der Waals surface area contributed by atoms with Gasteiger partial charge in [-0.15, -0.1) is 0 Å². The number of carbonyl (C=O) groups is 2. The molecule has 22 heavy (non-hydrogen) atoms. The molecule has 2 amide bonds. The van der Waals surface area contributed by atoms with Crippen LogP contribution >= 0.6 is 11.6 Å². The van der Waals surface area contributed by atoms with Gasteiger partial charge in [0.15, 0.2) is 11.5 Å². The number of hydrogen-bond donors (Lipinski definition) is 2. The number of halogens is 1. The zero-order valence-electron chi connectivity index (χ0n) is 11.3. The lowest BCUT2D eigenvalue weighted by Gasteiger charge is -2.09. The van der Waals surface area contributed by atoms with Crippen LogP contribution in [0.15, 0.2) is 36.4 Å². The van der Waals surface area contributed by atoms with Gasteiger partial charge in [-0.3, -0.25) is 9.59 Å². The Morgan fingerprint density at radius 3 is 2.73 bits per heavy atom. The lowest BCUT2D eigenvalue weighted by Crippen LogP contribution is -2.18. The molecule has 1 aliphatic rings. The molecule has 0 saturated heterocycles. The maximum atomic E-state index is 12.3. The first-order valence-corrected chi connectivity index (χ1v) is 6.73. The van der Waals surface area contributed by atoms with Crippen molar-refractivity contribution in [3.05, 3.63) is 52.5 Å². The summed E-state index contributed by atoms with van der Waals surface area (Å²) in [5, 5.41) is 2.91. The zero-order chi connectivity index (χ0) is 15.7. The van der Waals surface area contributed by atoms with Gasteiger partial charge in [-0.05, 0) is 24.3 Å². The third-order valence-electron chi connectivity index (χ3n) is 3.13. The van der Waals surface area contributed by atoms with Gasteiger partial charge in [-0.2, -0.15) is 0 Å². The smallest absolute Gasteiger partial charge is 0.255 e. The van der Waals surface area contributed by atoms with E-state index in [0.717, 1.165) is 0 Å². The van der Waals surface area contributed by atoms with Crippen molar-refractivity contribution in [1.82, 2.24) is 0 Å². The van der Waals surface area contributed by atoms with Crippen molar-refractivity contribution in [3.63, 3.8) is 0 Å². The molecule has 1 heterocycles. The molecule has 6 nitrogen and oxygen atoms in total. The van der Waals surface area contributed by atoms with Gasteiger partial charge in [0.1, 0.15) is 0 Å². The summed E-state index contributed by atoms with van der Waals surface area (Å²) in [6, 6.07) is 9.47. The molecule has 0 unspecified atom stereocenters. The molecular formula is C15H11ClN2O4. The van der Waals surface area contributed by atoms with Crippen LogP contribution in [-0.4, -0.2) is 18.6 Å². The molecule has 0 bridgehead atoms. The summed E-state index contributed by atoms with van der Waals surface area (Å²) in [6.45, 7) is 0.0602. The first-order valence-electron chi connectivity index (χ1n) is 6.35. The number of carbonyl (C=O) groups excluding carboxylic acids is 2. The molecule has 3 N–H and O–H groups in total. The Labute approximate surface area is 130 Å². The van der Waals surface area contributed by atoms with Crippen LogP contribution in [0.5, 0.6) is 11.5 Å². The van der Waals surface area contributed by atoms with Crippen molar-refractivity contribution in [2.75, 3.05) is 12.1 Å². The van der Waals surface area contributed by atoms with Crippen molar-refractivity contribution < 1.29 is 19.1 Å². The summed E-state index contributed by atoms with van der Waals surface area (Å²) in [5.41, 5.74) is 6.12. The second-order valence-electron chi connectivity index (χ2n) is 4.56. The fraction of sp³-hybridized carbons (Fsp3) is 0.0667. The van der Waals surface area contributed by atoms with Crippen molar-refractivity contribution in [2.45, 2.75) is 0 Å². The van der Waals surface area contributed by atoms with E-state index in [2.05, 4.69) is 5.32 Å². The molecular weight excluding hydrogens is 308 g/mol. The second-order valence-corrected chi connectivity index (χ2v) is 4.96. The van der Waals surface area contributed by atoms with Gasteiger partial charge in [0.25, 0.3) is 11.8 Å². The Kier molecular flexibility index (Phi) is 3.60. The number of amides is 2. The van der Waals surface area contributed by atoms with E-state index in [1.807, 2.05) is 0 Å². The van der Waals surface area contributed by atoms with Gasteiger partial charge in [-0.25, -0.2) is 0 Å². The van der Waals surface area contributed by atoms with Crippen molar-refractivity contribution in [3.8, 4) is 11.5 Å². The molecule has 0 radical (unpaired) electrons. The minimum atomic E-state index is -0.625. The minimum absolute atomic E-state index is 0.0602. The quantitative estimate of drug-likeness (QED) is 0.909. The standard InChI is InChI=1S/C15H11ClN2O4/c16-10-5-8(6-12-13(10)22-7-21-12)15(20)18-11-4-2-1-3-9(11)14(17)19/h1-6H,7H2,(H2,17,19)(H,18,20). The van der Waals surface area contributed by atoms with E-state index < -0.39 is 11.8 Å². The van der Waals surface area contributed by atoms with Crippen LogP contribution in [-0.2, 0) is 0 Å². The normalized spacial score (nSPS) is 12.0. The minimum Gasteiger partial charge on any atom is -0.454 e. The summed E-state index contributed by atoms with van der Waals surface area (Å²) >= 11 is 6.04. The van der Waals surface area contributed by atoms with Crippen LogP contribution < -0.4 is 20.5 Å². The summed E-state index contributed by atoms with van der Waals surface area (Å²) in [6.07, 6.45) is 0. The number of anilines is 1. The van der Waals surface area contributed by atoms with Gasteiger partial charge in [0.2, 0.25) is 6.79 Å². The fourth-order valence-electron chi connectivity index (χ4n) is 2.10. The highest BCUT2D eigenvalue weighted by Crippen LogP contribution is 2.39. The number of fused-ring (bicyclic) bond motifs is 1. The Bertz CT molecular complexity index is 776. The predicted molar refractivity (Wildman–Crippen MR) is 80.5 cm³/mol. The summed E-state index contributed by atoms with van der Waals surface area (Å²) < 4.78 is 10.4. The molecule has 112 valence electrons. The fourth-order valence-corrected chi connectivity index (χ4v) is 2.37. The maximum Gasteiger partial charge on any atom is 0.255 e. The molecule has 2 aromatic carbocycles. The molecule has 0 atom stereocenters. The molecule has 1 aliphatic heterocycles. The van der Waals surface area contributed by atoms with Crippen molar-refractivity contribution in [1.29, 1.82) is 0 Å². The van der Waals surface area contributed by atoms with E-state index in [1.165, 1.54) is 18.2 Å². The van der Waals surface area contributed by atoms with Crippen LogP contribution in [0.3, 0.4) is 0 Å². The molecule has 7 heteroatoms. The third kappa shape index (κ3) is 2.56. The zero-order valence-corrected chi connectivity index (χ0v) is 12.0. The molecule has 0 aliphatic carbocycles. The van der Waals surface area contributed by atoms with Gasteiger partial charge in [0.05, 0.1) is 16.3 Å². The number of rotatable bonds is 3. The topological polar surface area (TPSA) is 90.7 Å². The number of hydrogen-bond acceptors (Lipinski definition) is 4. The Morgan fingerprint density at radius 1 is 1.18 bits per heavy atom. The van der Waals surface area contributed by atoms with Crippen molar-refractivity contribution in [2.24, 2.45) is 5.73 Å². The van der Waals surface area contributed by atoms with E-state index in [4.69, 9.17) is 26.8 Å². The van der Waals surface area contributed by atoms with Crippen LogP contribution in [0, 0.1) is 0 Å². The van der Waals surface area contributed by atoms with E-state index in [0.29, 0.717) is 17.2 Å². The van der Waals surface area contributed by atoms with Gasteiger partial charge in [-0.1, -0.05) is 23.7 Å². The van der Waals surface area contributed by atoms with Gasteiger partial charge in [0, 0.05) is 5.56 Å². The Balaban J connectivity index is 1.90. The number of primary amides is 1. The van der Waals surface area contributed by atoms with E-state index in [9.17, 15) is 9.59 Å². The highest BCUT2D eigenvalue weighted by atomic mass is 35.5. The number of nitrogens with one attached hydrogen (secondary N) is 1. The maximum absolute atomic E-state index is 12.3. The van der Waals surface area contributed by atoms with E-state index in [1.54, 1.807) is 18.2 Å². The SMILES string of the molecule is NC(=O)c1ccccc1NC(=O)c1cc(Cl)c2c(c1)OCO2. The number of para-hydroxylation sites is 1. The Morgan fingerprint density at radius 2 is 1.95 bits per heavy atom. The molecule has 0 aromatic heterocycles. The summed E-state index contributed by atoms with van der Waals surface area (Å²) in [5.74, 6) is -0.245. The monoisotopic (exact) mass is 318 g/mol. The van der Waals surface area contributed by atoms with E-state index >= 15 is 0 Å². The van der Waals surface area contributed by atoms with Crippen LogP contribution in [0.1, 0.15) is 20.7 Å². The molecule has 0 saturated carbocycles. The number of ether oxygens (including phenoxy) is 2. The lowest BCUT2D eigenvalue weighted by atomic mass is 10.1. The molecule has 0 spiro atoms. The van der Waals surface area contributed by atoms with Crippen LogP contribution in [0.2, 0.25) is 5.02 Å². The first-order chi connectivity index (χ1) is 10.6. The van der Waals surface area contributed by atoms with Gasteiger partial charge >= 0.3 is 0 Å². The third-order valence-corrected chi connectivity index (χ3v) is 3.41. The van der Waals surface area contributed by atoms with Crippen LogP contribution in [0.25, 0.3) is 0 Å². The molecule has 3 rings (SSSR count). The molecule has 0 fully saturated rings. The predicted octanol–water partition coefficient (Wildman–Crippen LogP) is 2.42. The van der Waals surface area contributed by atoms with Crippen molar-refractivity contribution >= 4 is 29.1 Å². The largest absolute Gasteiger partial charge is 0.454 e. The lowest BCUT2D eigenvalue weighted by molar-refractivity contribution is 0.100. The summed E-state index contributed by atoms with van der Waals surface area (Å²) in [7, 11) is 0. The number of benzene rings is 2. The average molecular weight is 319 g/mol. The van der Waals surface area contributed by atoms with Gasteiger partial charge < -0.3 is 20.5 Å². The highest BCUT2D eigenvalue weighted by molar-refractivity contribution is 6.33. The second kappa shape index (κ2) is 5.57. The first kappa shape index (κ1) is 14.2. The Hall–Kier alpha value is -2.73. The number of nitrogens with two attached hydrogens (primary N) is 1. The average Bonchev–Trinajstić information content (AvgIpc) is 2.96. The highest BCUT2D eigenvalue weighted by Gasteiger charge is 2.21. The summed E-state index contributed by atoms with van der Waals surface area (Å²) in [4.78, 5) is 23.7. The van der Waals surface area contributed by atoms with E-state index in [-0.39, 0.29) is 22.9 Å². The van der Waals surface area contributed by atoms with Crippen LogP contribution in [0.4, 0.5) is 5.69 Å². The molecule has 2 aromatic rings.